The molecule has 0 aliphatic carbocycles. The van der Waals surface area contributed by atoms with Gasteiger partial charge in [-0.3, -0.25) is 32.5 Å². The molecule has 2 aromatic rings. The van der Waals surface area contributed by atoms with Gasteiger partial charge in [0, 0.05) is 24.9 Å². The Hall–Kier alpha value is -2.54. The van der Waals surface area contributed by atoms with E-state index in [0.717, 1.165) is 15.2 Å². The van der Waals surface area contributed by atoms with Gasteiger partial charge in [-0.15, -0.1) is 0 Å². The molecule has 0 amide bonds. The lowest BCUT2D eigenvalue weighted by Gasteiger charge is -2.23. The van der Waals surface area contributed by atoms with Crippen LogP contribution >= 0.6 is 15.6 Å². The smallest absolute Gasteiger partial charge is 0.388 e. The van der Waals surface area contributed by atoms with Crippen LogP contribution < -0.4 is 22.7 Å². The van der Waals surface area contributed by atoms with E-state index in [2.05, 4.69) is 9.51 Å². The number of nitrogens with zero attached hydrogens (tertiary/aromatic N) is 3. The number of rotatable bonds is 10. The Bertz CT molecular complexity index is 1450. The Morgan fingerprint density at radius 3 is 2.44 bits per heavy atom. The Labute approximate surface area is 217 Å². The van der Waals surface area contributed by atoms with Crippen LogP contribution in [0.4, 0.5) is 5.82 Å². The van der Waals surface area contributed by atoms with Crippen molar-refractivity contribution in [1.29, 1.82) is 0 Å². The second kappa shape index (κ2) is 11.5. The number of anilines is 1. The molecular weight excluding hydrogens is 572 g/mol. The first kappa shape index (κ1) is 29.4. The van der Waals surface area contributed by atoms with Crippen molar-refractivity contribution < 1.29 is 52.0 Å². The molecule has 2 aliphatic heterocycles. The molecule has 2 aromatic heterocycles. The number of aliphatic hydroxyl groups is 1. The summed E-state index contributed by atoms with van der Waals surface area (Å²) in [6.07, 6.45) is -4.20. The van der Waals surface area contributed by atoms with E-state index in [9.17, 15) is 33.5 Å². The van der Waals surface area contributed by atoms with Crippen LogP contribution in [0.25, 0.3) is 0 Å². The molecule has 2 aliphatic rings. The maximum Gasteiger partial charge on any atom is 0.472 e. The molecule has 2 saturated heterocycles. The zero-order valence-electron chi connectivity index (χ0n) is 19.8. The first-order valence-electron chi connectivity index (χ1n) is 11.2. The number of aromatic amines is 1. The molecule has 7 atom stereocenters. The molecule has 21 heteroatoms. The quantitative estimate of drug-likeness (QED) is 0.155. The van der Waals surface area contributed by atoms with Crippen molar-refractivity contribution in [2.75, 3.05) is 25.6 Å². The zero-order valence-corrected chi connectivity index (χ0v) is 21.6. The molecule has 0 aromatic carbocycles. The van der Waals surface area contributed by atoms with Crippen molar-refractivity contribution >= 4 is 21.5 Å². The molecule has 1 unspecified atom stereocenters. The van der Waals surface area contributed by atoms with Crippen LogP contribution in [0.3, 0.4) is 0 Å². The van der Waals surface area contributed by atoms with Crippen molar-refractivity contribution in [3.05, 3.63) is 55.8 Å². The second-order valence-corrected chi connectivity index (χ2v) is 11.2. The van der Waals surface area contributed by atoms with E-state index in [-0.39, 0.29) is 18.8 Å². The van der Waals surface area contributed by atoms with Crippen LogP contribution in [0.1, 0.15) is 18.7 Å². The van der Waals surface area contributed by atoms with Gasteiger partial charge in [-0.1, -0.05) is 0 Å². The van der Waals surface area contributed by atoms with Crippen molar-refractivity contribution in [2.24, 2.45) is 0 Å². The van der Waals surface area contributed by atoms with Crippen LogP contribution in [-0.4, -0.2) is 83.1 Å². The van der Waals surface area contributed by atoms with Gasteiger partial charge in [-0.2, -0.15) is 4.98 Å². The number of aliphatic hydroxyl groups excluding tert-OH is 1. The number of hydrogen-bond acceptors (Lipinski definition) is 13. The van der Waals surface area contributed by atoms with Gasteiger partial charge in [0.1, 0.15) is 36.5 Å². The van der Waals surface area contributed by atoms with Crippen molar-refractivity contribution in [1.82, 2.24) is 19.1 Å². The van der Waals surface area contributed by atoms with Crippen molar-refractivity contribution in [3.63, 3.8) is 0 Å². The van der Waals surface area contributed by atoms with E-state index in [1.54, 1.807) is 0 Å². The number of hydrogen-bond donors (Lipinski definition) is 6. The summed E-state index contributed by atoms with van der Waals surface area (Å²) in [6, 6.07) is 1.44. The number of phosphoric ester groups is 2. The molecule has 0 radical (unpaired) electrons. The van der Waals surface area contributed by atoms with Crippen LogP contribution in [0.5, 0.6) is 0 Å². The fraction of sp³-hybridized carbons (Fsp3) is 0.556. The predicted molar refractivity (Wildman–Crippen MR) is 126 cm³/mol. The van der Waals surface area contributed by atoms with Gasteiger partial charge < -0.3 is 35.0 Å². The number of nitrogen functional groups attached to an aromatic ring is 1. The van der Waals surface area contributed by atoms with Crippen molar-refractivity contribution in [3.8, 4) is 0 Å². The minimum absolute atomic E-state index is 0.0688. The topological polar surface area (TPSA) is 277 Å². The van der Waals surface area contributed by atoms with Gasteiger partial charge in [0.05, 0.1) is 25.9 Å². The largest absolute Gasteiger partial charge is 0.472 e. The second-order valence-electron chi connectivity index (χ2n) is 8.55. The minimum atomic E-state index is -4.96. The molecule has 216 valence electrons. The van der Waals surface area contributed by atoms with Crippen LogP contribution in [0.2, 0.25) is 0 Å². The standard InChI is InChI=1S/C18H25N5O14P2/c19-13-1-3-23(17(26)20-13)15-5-10(11(36-15)7-34-38(28,29)30)37-39(31,32)35-8-12-16(25)9(6-33-12)22-4-2-14(24)21-18(22)27/h1-4,9-12,15-16,25H,5-8H2,(H,31,32)(H2,19,20,26)(H,21,24,27)(H2,28,29,30)/t9-,10+,11-,12-,15-,16+/m1/s1. The van der Waals surface area contributed by atoms with E-state index >= 15 is 0 Å². The molecule has 2 fully saturated rings. The summed E-state index contributed by atoms with van der Waals surface area (Å²) in [7, 11) is -9.89. The fourth-order valence-corrected chi connectivity index (χ4v) is 5.37. The Morgan fingerprint density at radius 2 is 1.77 bits per heavy atom. The third kappa shape index (κ3) is 7.36. The molecule has 19 nitrogen and oxygen atoms in total. The summed E-state index contributed by atoms with van der Waals surface area (Å²) < 4.78 is 51.4. The number of phosphoric acid groups is 2. The molecule has 0 bridgehead atoms. The summed E-state index contributed by atoms with van der Waals surface area (Å²) in [5.74, 6) is -0.0688. The maximum absolute atomic E-state index is 12.7. The van der Waals surface area contributed by atoms with Crippen LogP contribution in [-0.2, 0) is 32.2 Å². The summed E-state index contributed by atoms with van der Waals surface area (Å²) in [5, 5.41) is 10.5. The lowest BCUT2D eigenvalue weighted by molar-refractivity contribution is -0.0482. The SMILES string of the molecule is Nc1ccn([C@H]2C[C@H](OP(=O)(O)OC[C@H]3OC[C@@H](n4ccc(=O)[nH]c4=O)[C@@H]3O)[C@@H](COP(=O)(O)O)O2)c(=O)n1. The highest BCUT2D eigenvalue weighted by Crippen LogP contribution is 2.49. The van der Waals surface area contributed by atoms with E-state index in [4.69, 9.17) is 34.0 Å². The summed E-state index contributed by atoms with van der Waals surface area (Å²) in [5.41, 5.74) is 3.22. The Kier molecular flexibility index (Phi) is 8.70. The molecule has 4 heterocycles. The predicted octanol–water partition coefficient (Wildman–Crippen LogP) is -2.42. The average Bonchev–Trinajstić information content (AvgIpc) is 3.38. The summed E-state index contributed by atoms with van der Waals surface area (Å²) in [6.45, 7) is -1.61. The molecule has 0 spiro atoms. The first-order chi connectivity index (χ1) is 18.2. The molecule has 7 N–H and O–H groups in total. The number of nitrogens with two attached hydrogens (primary N) is 1. The molecule has 39 heavy (non-hydrogen) atoms. The molecule has 4 rings (SSSR count). The average molecular weight is 597 g/mol. The van der Waals surface area contributed by atoms with E-state index < -0.39 is 82.5 Å². The van der Waals surface area contributed by atoms with Gasteiger partial charge in [-0.05, 0) is 6.07 Å². The number of ether oxygens (including phenoxy) is 2. The van der Waals surface area contributed by atoms with E-state index in [1.165, 1.54) is 18.5 Å². The Balaban J connectivity index is 1.42. The Morgan fingerprint density at radius 1 is 1.08 bits per heavy atom. The van der Waals surface area contributed by atoms with Gasteiger partial charge in [-0.25, -0.2) is 18.7 Å². The number of nitrogens with one attached hydrogen (secondary N) is 1. The number of aromatic nitrogens is 4. The zero-order chi connectivity index (χ0) is 28.5. The van der Waals surface area contributed by atoms with Gasteiger partial charge in [0.15, 0.2) is 0 Å². The highest BCUT2D eigenvalue weighted by atomic mass is 31.2. The first-order valence-corrected chi connectivity index (χ1v) is 14.2. The van der Waals surface area contributed by atoms with Crippen molar-refractivity contribution in [2.45, 2.75) is 43.1 Å². The molecule has 0 saturated carbocycles. The van der Waals surface area contributed by atoms with Gasteiger partial charge in [0.25, 0.3) is 5.56 Å². The maximum atomic E-state index is 12.7. The summed E-state index contributed by atoms with van der Waals surface area (Å²) in [4.78, 5) is 69.4. The monoisotopic (exact) mass is 597 g/mol. The lowest BCUT2D eigenvalue weighted by atomic mass is 10.1. The summed E-state index contributed by atoms with van der Waals surface area (Å²) >= 11 is 0. The van der Waals surface area contributed by atoms with Crippen LogP contribution in [0, 0.1) is 0 Å². The van der Waals surface area contributed by atoms with Gasteiger partial charge in [0.2, 0.25) is 0 Å². The van der Waals surface area contributed by atoms with Gasteiger partial charge >= 0.3 is 27.0 Å². The van der Waals surface area contributed by atoms with E-state index in [0.29, 0.717) is 0 Å². The van der Waals surface area contributed by atoms with Crippen LogP contribution in [0.15, 0.2) is 38.9 Å². The van der Waals surface area contributed by atoms with E-state index in [1.807, 2.05) is 4.98 Å². The molecular formula is C18H25N5O14P2. The third-order valence-corrected chi connectivity index (χ3v) is 7.38. The third-order valence-electron chi connectivity index (χ3n) is 5.88. The number of H-pyrrole nitrogens is 1. The lowest BCUT2D eigenvalue weighted by Crippen LogP contribution is -2.38. The highest BCUT2D eigenvalue weighted by molar-refractivity contribution is 7.47. The highest BCUT2D eigenvalue weighted by Gasteiger charge is 2.44. The minimum Gasteiger partial charge on any atom is -0.388 e. The normalized spacial score (nSPS) is 28.9. The fourth-order valence-electron chi connectivity index (χ4n) is 4.06.